The number of anilines is 1. The summed E-state index contributed by atoms with van der Waals surface area (Å²) < 4.78 is 0.907. The highest BCUT2D eigenvalue weighted by molar-refractivity contribution is 9.10. The lowest BCUT2D eigenvalue weighted by molar-refractivity contribution is 0.0979. The van der Waals surface area contributed by atoms with Crippen LogP contribution in [-0.4, -0.2) is 16.1 Å². The molecule has 126 valence electrons. The summed E-state index contributed by atoms with van der Waals surface area (Å²) in [5.41, 5.74) is 0.816. The van der Waals surface area contributed by atoms with E-state index in [1.54, 1.807) is 18.2 Å². The van der Waals surface area contributed by atoms with E-state index in [2.05, 4.69) is 26.6 Å². The van der Waals surface area contributed by atoms with Crippen molar-refractivity contribution in [2.45, 2.75) is 0 Å². The number of thiocarbonyl (C=S) groups is 1. The average molecular weight is 436 g/mol. The molecule has 0 saturated heterocycles. The fraction of sp³-hybridized carbons (Fsp3) is 0. The lowest BCUT2D eigenvalue weighted by atomic mass is 10.0. The number of hydrogen-bond donors (Lipinski definition) is 3. The minimum atomic E-state index is -0.345. The van der Waals surface area contributed by atoms with E-state index >= 15 is 0 Å². The maximum atomic E-state index is 12.6. The number of rotatable bonds is 2. The number of benzene rings is 3. The molecule has 0 aliphatic heterocycles. The van der Waals surface area contributed by atoms with Gasteiger partial charge >= 0.3 is 0 Å². The number of fused-ring (bicyclic) bond motifs is 1. The van der Waals surface area contributed by atoms with Crippen LogP contribution in [0.25, 0.3) is 10.8 Å². The van der Waals surface area contributed by atoms with Crippen molar-refractivity contribution in [3.8, 4) is 5.75 Å². The van der Waals surface area contributed by atoms with E-state index in [4.69, 9.17) is 23.8 Å². The predicted octanol–water partition coefficient (Wildman–Crippen LogP) is 5.09. The molecule has 0 heterocycles. The molecule has 3 N–H and O–H groups in total. The quantitative estimate of drug-likeness (QED) is 0.388. The molecule has 0 aliphatic rings. The summed E-state index contributed by atoms with van der Waals surface area (Å²) in [4.78, 5) is 12.6. The Morgan fingerprint density at radius 3 is 2.60 bits per heavy atom. The molecule has 0 saturated carbocycles. The molecule has 0 aromatic heterocycles. The Hall–Kier alpha value is -2.15. The van der Waals surface area contributed by atoms with Gasteiger partial charge in [0.25, 0.3) is 5.91 Å². The van der Waals surface area contributed by atoms with Crippen LogP contribution in [0.5, 0.6) is 5.75 Å². The highest BCUT2D eigenvalue weighted by atomic mass is 79.9. The maximum absolute atomic E-state index is 12.6. The molecule has 3 aromatic rings. The zero-order valence-corrected chi connectivity index (χ0v) is 15.9. The van der Waals surface area contributed by atoms with Gasteiger partial charge in [0.05, 0.1) is 5.69 Å². The molecular formula is C18H12BrClN2O2S. The molecule has 3 aromatic carbocycles. The van der Waals surface area contributed by atoms with E-state index in [0.717, 1.165) is 15.2 Å². The largest absolute Gasteiger partial charge is 0.506 e. The number of amides is 1. The van der Waals surface area contributed by atoms with Gasteiger partial charge in [-0.05, 0) is 53.3 Å². The van der Waals surface area contributed by atoms with E-state index in [9.17, 15) is 9.90 Å². The first-order valence-corrected chi connectivity index (χ1v) is 8.82. The topological polar surface area (TPSA) is 61.4 Å². The van der Waals surface area contributed by atoms with Gasteiger partial charge in [0.2, 0.25) is 0 Å². The number of carbonyl (C=O) groups excluding carboxylic acids is 1. The Balaban J connectivity index is 1.82. The summed E-state index contributed by atoms with van der Waals surface area (Å²) in [6, 6.07) is 15.6. The number of nitrogens with one attached hydrogen (secondary N) is 2. The minimum absolute atomic E-state index is 0.0184. The Kier molecular flexibility index (Phi) is 5.22. The van der Waals surface area contributed by atoms with Crippen molar-refractivity contribution in [3.05, 3.63) is 69.7 Å². The van der Waals surface area contributed by atoms with Crippen molar-refractivity contribution in [2.24, 2.45) is 0 Å². The molecule has 7 heteroatoms. The van der Waals surface area contributed by atoms with Crippen LogP contribution in [0.2, 0.25) is 5.02 Å². The zero-order chi connectivity index (χ0) is 18.0. The van der Waals surface area contributed by atoms with Crippen LogP contribution in [0.3, 0.4) is 0 Å². The SMILES string of the molecule is O=C(NC(=S)Nc1cc(Cl)ccc1O)c1cccc2c(Br)cccc12. The van der Waals surface area contributed by atoms with Gasteiger partial charge in [0.1, 0.15) is 5.75 Å². The van der Waals surface area contributed by atoms with E-state index in [0.29, 0.717) is 16.3 Å². The number of phenolic OH excluding ortho intramolecular Hbond substituents is 1. The summed E-state index contributed by atoms with van der Waals surface area (Å²) in [6.07, 6.45) is 0. The van der Waals surface area contributed by atoms with Gasteiger partial charge in [-0.1, -0.05) is 51.8 Å². The Labute approximate surface area is 162 Å². The number of hydrogen-bond acceptors (Lipinski definition) is 3. The predicted molar refractivity (Wildman–Crippen MR) is 108 cm³/mol. The number of phenols is 1. The van der Waals surface area contributed by atoms with Gasteiger partial charge in [0.15, 0.2) is 5.11 Å². The highest BCUT2D eigenvalue weighted by Crippen LogP contribution is 2.27. The van der Waals surface area contributed by atoms with Crippen LogP contribution in [0.4, 0.5) is 5.69 Å². The van der Waals surface area contributed by atoms with Gasteiger partial charge in [-0.25, -0.2) is 0 Å². The molecule has 0 spiro atoms. The Morgan fingerprint density at radius 2 is 1.80 bits per heavy atom. The first kappa shape index (κ1) is 17.7. The second-order valence-corrected chi connectivity index (χ2v) is 6.91. The molecule has 0 atom stereocenters. The van der Waals surface area contributed by atoms with Crippen molar-refractivity contribution in [2.75, 3.05) is 5.32 Å². The van der Waals surface area contributed by atoms with Gasteiger partial charge in [-0.3, -0.25) is 10.1 Å². The van der Waals surface area contributed by atoms with Crippen molar-refractivity contribution in [3.63, 3.8) is 0 Å². The minimum Gasteiger partial charge on any atom is -0.506 e. The molecule has 3 rings (SSSR count). The number of carbonyl (C=O) groups is 1. The van der Waals surface area contributed by atoms with Crippen molar-refractivity contribution < 1.29 is 9.90 Å². The Morgan fingerprint density at radius 1 is 1.08 bits per heavy atom. The molecule has 0 radical (unpaired) electrons. The summed E-state index contributed by atoms with van der Waals surface area (Å²) in [7, 11) is 0. The standard InChI is InChI=1S/C18H12BrClN2O2S/c19-14-6-2-3-11-12(14)4-1-5-13(11)17(24)22-18(25)21-15-9-10(20)7-8-16(15)23/h1-9,23H,(H2,21,22,24,25). The Bertz CT molecular complexity index is 994. The molecule has 0 unspecified atom stereocenters. The first-order chi connectivity index (χ1) is 12.0. The lowest BCUT2D eigenvalue weighted by Crippen LogP contribution is -2.34. The van der Waals surface area contributed by atoms with Crippen LogP contribution in [0, 0.1) is 0 Å². The number of aromatic hydroxyl groups is 1. The van der Waals surface area contributed by atoms with Crippen molar-refractivity contribution in [1.82, 2.24) is 5.32 Å². The van der Waals surface area contributed by atoms with Gasteiger partial charge in [0, 0.05) is 15.1 Å². The average Bonchev–Trinajstić information content (AvgIpc) is 2.58. The van der Waals surface area contributed by atoms with E-state index in [1.807, 2.05) is 24.3 Å². The maximum Gasteiger partial charge on any atom is 0.258 e. The molecule has 0 bridgehead atoms. The first-order valence-electron chi connectivity index (χ1n) is 7.24. The van der Waals surface area contributed by atoms with Gasteiger partial charge in [-0.2, -0.15) is 0 Å². The summed E-state index contributed by atoms with van der Waals surface area (Å²) in [5.74, 6) is -0.363. The molecule has 25 heavy (non-hydrogen) atoms. The van der Waals surface area contributed by atoms with Gasteiger partial charge < -0.3 is 10.4 Å². The van der Waals surface area contributed by atoms with Crippen molar-refractivity contribution in [1.29, 1.82) is 0 Å². The van der Waals surface area contributed by atoms with Crippen molar-refractivity contribution >= 4 is 67.2 Å². The smallest absolute Gasteiger partial charge is 0.258 e. The summed E-state index contributed by atoms with van der Waals surface area (Å²) >= 11 is 14.5. The molecule has 0 fully saturated rings. The molecular weight excluding hydrogens is 424 g/mol. The highest BCUT2D eigenvalue weighted by Gasteiger charge is 2.13. The van der Waals surface area contributed by atoms with Crippen LogP contribution in [0.1, 0.15) is 10.4 Å². The van der Waals surface area contributed by atoms with E-state index in [1.165, 1.54) is 12.1 Å². The third-order valence-electron chi connectivity index (χ3n) is 3.55. The van der Waals surface area contributed by atoms with Crippen LogP contribution >= 0.6 is 39.7 Å². The molecule has 0 aliphatic carbocycles. The lowest BCUT2D eigenvalue weighted by Gasteiger charge is -2.12. The van der Waals surface area contributed by atoms with E-state index < -0.39 is 0 Å². The second-order valence-electron chi connectivity index (χ2n) is 5.21. The molecule has 4 nitrogen and oxygen atoms in total. The van der Waals surface area contributed by atoms with Gasteiger partial charge in [-0.15, -0.1) is 0 Å². The summed E-state index contributed by atoms with van der Waals surface area (Å²) in [5, 5.41) is 17.4. The monoisotopic (exact) mass is 434 g/mol. The third kappa shape index (κ3) is 3.92. The van der Waals surface area contributed by atoms with Crippen LogP contribution in [0.15, 0.2) is 59.1 Å². The summed E-state index contributed by atoms with van der Waals surface area (Å²) in [6.45, 7) is 0. The number of halogens is 2. The zero-order valence-electron chi connectivity index (χ0n) is 12.7. The molecule has 1 amide bonds. The van der Waals surface area contributed by atoms with E-state index in [-0.39, 0.29) is 16.8 Å². The third-order valence-corrected chi connectivity index (χ3v) is 4.68. The van der Waals surface area contributed by atoms with Crippen LogP contribution < -0.4 is 10.6 Å². The van der Waals surface area contributed by atoms with Crippen LogP contribution in [-0.2, 0) is 0 Å². The second kappa shape index (κ2) is 7.39. The fourth-order valence-corrected chi connectivity index (χ4v) is 3.28. The fourth-order valence-electron chi connectivity index (χ4n) is 2.40. The normalized spacial score (nSPS) is 10.5.